The third-order valence-electron chi connectivity index (χ3n) is 2.68. The molecule has 0 aromatic carbocycles. The molecule has 0 unspecified atom stereocenters. The van der Waals surface area contributed by atoms with Gasteiger partial charge in [0.15, 0.2) is 0 Å². The van der Waals surface area contributed by atoms with Gasteiger partial charge in [0.25, 0.3) is 0 Å². The Kier molecular flexibility index (Phi) is 7.72. The molecule has 0 aromatic rings. The van der Waals surface area contributed by atoms with E-state index in [-0.39, 0.29) is 31.0 Å². The molecule has 16 heavy (non-hydrogen) atoms. The average molecular weight is 251 g/mol. The molecule has 1 rings (SSSR count). The van der Waals surface area contributed by atoms with Crippen LogP contribution in [0.1, 0.15) is 39.5 Å². The largest absolute Gasteiger partial charge is 0.369 e. The van der Waals surface area contributed by atoms with Crippen molar-refractivity contribution in [3.05, 3.63) is 0 Å². The van der Waals surface area contributed by atoms with Crippen molar-refractivity contribution in [2.45, 2.75) is 57.7 Å². The lowest BCUT2D eigenvalue weighted by atomic mass is 9.92. The fourth-order valence-corrected chi connectivity index (χ4v) is 1.78. The Morgan fingerprint density at radius 3 is 2.44 bits per heavy atom. The second-order valence-electron chi connectivity index (χ2n) is 4.54. The second kappa shape index (κ2) is 7.87. The molecule has 0 bridgehead atoms. The molecule has 96 valence electrons. The van der Waals surface area contributed by atoms with Crippen LogP contribution in [-0.4, -0.2) is 30.7 Å². The van der Waals surface area contributed by atoms with Crippen LogP contribution in [0.15, 0.2) is 0 Å². The Morgan fingerprint density at radius 2 is 1.94 bits per heavy atom. The third kappa shape index (κ3) is 6.30. The van der Waals surface area contributed by atoms with E-state index in [1.54, 1.807) is 0 Å². The fraction of sp³-hybridized carbons (Fsp3) is 0.909. The number of hydrogen-bond acceptors (Lipinski definition) is 3. The summed E-state index contributed by atoms with van der Waals surface area (Å²) in [6.07, 6.45) is 4.12. The van der Waals surface area contributed by atoms with Crippen LogP contribution >= 0.6 is 12.4 Å². The van der Waals surface area contributed by atoms with E-state index in [1.807, 2.05) is 13.8 Å². The van der Waals surface area contributed by atoms with E-state index >= 15 is 0 Å². The van der Waals surface area contributed by atoms with Crippen LogP contribution in [0.3, 0.4) is 0 Å². The van der Waals surface area contributed by atoms with E-state index in [2.05, 4.69) is 5.32 Å². The number of halogens is 1. The van der Waals surface area contributed by atoms with Crippen molar-refractivity contribution in [3.8, 4) is 0 Å². The number of rotatable bonds is 4. The fourth-order valence-electron chi connectivity index (χ4n) is 1.78. The first-order valence-corrected chi connectivity index (χ1v) is 5.74. The highest BCUT2D eigenvalue weighted by molar-refractivity contribution is 5.85. The zero-order valence-corrected chi connectivity index (χ0v) is 10.9. The van der Waals surface area contributed by atoms with Crippen LogP contribution in [0.5, 0.6) is 0 Å². The normalized spacial score (nSPS) is 25.0. The molecule has 0 heterocycles. The maximum absolute atomic E-state index is 11.4. The number of nitrogens with two attached hydrogens (primary N) is 1. The van der Waals surface area contributed by atoms with Crippen LogP contribution in [-0.2, 0) is 9.53 Å². The summed E-state index contributed by atoms with van der Waals surface area (Å²) in [6, 6.07) is 0.623. The van der Waals surface area contributed by atoms with Crippen molar-refractivity contribution in [2.75, 3.05) is 6.61 Å². The molecular formula is C11H23ClN2O2. The van der Waals surface area contributed by atoms with Crippen molar-refractivity contribution >= 4 is 18.3 Å². The molecule has 5 heteroatoms. The van der Waals surface area contributed by atoms with Crippen LogP contribution in [0.25, 0.3) is 0 Å². The van der Waals surface area contributed by atoms with E-state index in [1.165, 1.54) is 0 Å². The molecule has 0 atom stereocenters. The molecule has 1 fully saturated rings. The topological polar surface area (TPSA) is 64.3 Å². The Morgan fingerprint density at radius 1 is 1.38 bits per heavy atom. The number of ether oxygens (including phenoxy) is 1. The number of hydrogen-bond donors (Lipinski definition) is 2. The molecular weight excluding hydrogens is 228 g/mol. The van der Waals surface area contributed by atoms with Gasteiger partial charge in [0.2, 0.25) is 5.91 Å². The van der Waals surface area contributed by atoms with Crippen LogP contribution in [0.2, 0.25) is 0 Å². The lowest BCUT2D eigenvalue weighted by Crippen LogP contribution is -2.42. The Balaban J connectivity index is 0.00000225. The Bertz CT molecular complexity index is 204. The van der Waals surface area contributed by atoms with Crippen molar-refractivity contribution in [1.29, 1.82) is 0 Å². The average Bonchev–Trinajstić information content (AvgIpc) is 2.19. The van der Waals surface area contributed by atoms with Crippen molar-refractivity contribution < 1.29 is 9.53 Å². The van der Waals surface area contributed by atoms with Gasteiger partial charge < -0.3 is 15.8 Å². The molecule has 1 amide bonds. The second-order valence-corrected chi connectivity index (χ2v) is 4.54. The molecule has 0 radical (unpaired) electrons. The zero-order chi connectivity index (χ0) is 11.3. The number of carbonyl (C=O) groups is 1. The first-order chi connectivity index (χ1) is 7.08. The van der Waals surface area contributed by atoms with Gasteiger partial charge in [0.05, 0.1) is 6.10 Å². The molecule has 3 N–H and O–H groups in total. The summed E-state index contributed by atoms with van der Waals surface area (Å²) in [5, 5.41) is 2.98. The predicted octanol–water partition coefficient (Wildman–Crippen LogP) is 1.22. The highest BCUT2D eigenvalue weighted by Crippen LogP contribution is 2.16. The van der Waals surface area contributed by atoms with Crippen LogP contribution in [0.4, 0.5) is 0 Å². The van der Waals surface area contributed by atoms with Gasteiger partial charge in [-0.15, -0.1) is 12.4 Å². The summed E-state index contributed by atoms with van der Waals surface area (Å²) in [5.74, 6) is -0.0100. The third-order valence-corrected chi connectivity index (χ3v) is 2.68. The highest BCUT2D eigenvalue weighted by Gasteiger charge is 2.19. The lowest BCUT2D eigenvalue weighted by molar-refractivity contribution is -0.128. The molecule has 1 saturated carbocycles. The number of amides is 1. The quantitative estimate of drug-likeness (QED) is 0.789. The Labute approximate surface area is 104 Å². The molecule has 0 aromatic heterocycles. The van der Waals surface area contributed by atoms with Crippen molar-refractivity contribution in [3.63, 3.8) is 0 Å². The minimum absolute atomic E-state index is 0. The summed E-state index contributed by atoms with van der Waals surface area (Å²) in [5.41, 5.74) is 5.79. The van der Waals surface area contributed by atoms with E-state index in [9.17, 15) is 4.79 Å². The minimum atomic E-state index is -0.0100. The summed E-state index contributed by atoms with van der Waals surface area (Å²) in [6.45, 7) is 4.01. The van der Waals surface area contributed by atoms with Gasteiger partial charge in [-0.1, -0.05) is 0 Å². The zero-order valence-electron chi connectivity index (χ0n) is 10.1. The SMILES string of the molecule is CC(C)OCC(=O)NC1CCC(N)CC1.Cl. The Hall–Kier alpha value is -0.320. The van der Waals surface area contributed by atoms with E-state index in [4.69, 9.17) is 10.5 Å². The molecule has 0 saturated heterocycles. The first-order valence-electron chi connectivity index (χ1n) is 5.74. The van der Waals surface area contributed by atoms with E-state index in [0.29, 0.717) is 12.1 Å². The van der Waals surface area contributed by atoms with E-state index in [0.717, 1.165) is 25.7 Å². The molecule has 0 aliphatic heterocycles. The molecule has 4 nitrogen and oxygen atoms in total. The van der Waals surface area contributed by atoms with Crippen LogP contribution in [0, 0.1) is 0 Å². The van der Waals surface area contributed by atoms with Gasteiger partial charge >= 0.3 is 0 Å². The summed E-state index contributed by atoms with van der Waals surface area (Å²) < 4.78 is 5.23. The van der Waals surface area contributed by atoms with Gasteiger partial charge in [0, 0.05) is 12.1 Å². The predicted molar refractivity (Wildman–Crippen MR) is 66.7 cm³/mol. The standard InChI is InChI=1S/C11H22N2O2.ClH/c1-8(2)15-7-11(14)13-10-5-3-9(12)4-6-10;/h8-10H,3-7,12H2,1-2H3,(H,13,14);1H. The molecule has 0 spiro atoms. The smallest absolute Gasteiger partial charge is 0.246 e. The summed E-state index contributed by atoms with van der Waals surface area (Å²) >= 11 is 0. The van der Waals surface area contributed by atoms with Crippen LogP contribution < -0.4 is 11.1 Å². The maximum Gasteiger partial charge on any atom is 0.246 e. The van der Waals surface area contributed by atoms with Gasteiger partial charge in [-0.3, -0.25) is 4.79 Å². The van der Waals surface area contributed by atoms with Gasteiger partial charge in [-0.2, -0.15) is 0 Å². The maximum atomic E-state index is 11.4. The van der Waals surface area contributed by atoms with E-state index < -0.39 is 0 Å². The lowest BCUT2D eigenvalue weighted by Gasteiger charge is -2.26. The highest BCUT2D eigenvalue weighted by atomic mass is 35.5. The van der Waals surface area contributed by atoms with Crippen molar-refractivity contribution in [2.24, 2.45) is 5.73 Å². The van der Waals surface area contributed by atoms with Gasteiger partial charge in [0.1, 0.15) is 6.61 Å². The molecule has 1 aliphatic rings. The summed E-state index contributed by atoms with van der Waals surface area (Å²) in [4.78, 5) is 11.4. The first kappa shape index (κ1) is 15.7. The monoisotopic (exact) mass is 250 g/mol. The number of carbonyl (C=O) groups excluding carboxylic acids is 1. The van der Waals surface area contributed by atoms with Gasteiger partial charge in [-0.05, 0) is 39.5 Å². The minimum Gasteiger partial charge on any atom is -0.369 e. The van der Waals surface area contributed by atoms with Crippen molar-refractivity contribution in [1.82, 2.24) is 5.32 Å². The van der Waals surface area contributed by atoms with Gasteiger partial charge in [-0.25, -0.2) is 0 Å². The summed E-state index contributed by atoms with van der Waals surface area (Å²) in [7, 11) is 0. The molecule has 1 aliphatic carbocycles. The number of nitrogens with one attached hydrogen (secondary N) is 1.